The Morgan fingerprint density at radius 1 is 1.22 bits per heavy atom. The molecule has 2 aromatic rings. The van der Waals surface area contributed by atoms with Crippen LogP contribution < -0.4 is 0 Å². The van der Waals surface area contributed by atoms with Crippen LogP contribution in [0.3, 0.4) is 0 Å². The summed E-state index contributed by atoms with van der Waals surface area (Å²) < 4.78 is 5.16. The molecule has 0 saturated heterocycles. The average molecular weight is 246 g/mol. The topological polar surface area (TPSA) is 59.2 Å². The van der Waals surface area contributed by atoms with Gasteiger partial charge in [-0.05, 0) is 19.4 Å². The van der Waals surface area contributed by atoms with Crippen LogP contribution in [0.5, 0.6) is 0 Å². The second-order valence-corrected chi connectivity index (χ2v) is 4.74. The molecular formula is C14H18N2O2. The summed E-state index contributed by atoms with van der Waals surface area (Å²) in [6.45, 7) is 5.64. The van der Waals surface area contributed by atoms with Crippen molar-refractivity contribution in [2.45, 2.75) is 39.2 Å². The first-order valence-corrected chi connectivity index (χ1v) is 6.12. The lowest BCUT2D eigenvalue weighted by molar-refractivity contribution is 0.151. The van der Waals surface area contributed by atoms with Crippen LogP contribution in [0.4, 0.5) is 0 Å². The van der Waals surface area contributed by atoms with Crippen LogP contribution in [-0.4, -0.2) is 21.4 Å². The van der Waals surface area contributed by atoms with Gasteiger partial charge in [-0.3, -0.25) is 0 Å². The Morgan fingerprint density at radius 2 is 1.89 bits per heavy atom. The van der Waals surface area contributed by atoms with Gasteiger partial charge in [0, 0.05) is 6.42 Å². The molecule has 4 nitrogen and oxygen atoms in total. The third kappa shape index (κ3) is 2.96. The molecule has 0 aliphatic rings. The van der Waals surface area contributed by atoms with E-state index in [2.05, 4.69) is 41.3 Å². The second-order valence-electron chi connectivity index (χ2n) is 4.74. The van der Waals surface area contributed by atoms with Crippen LogP contribution >= 0.6 is 0 Å². The lowest BCUT2D eigenvalue weighted by atomic mass is 10.1. The number of hydrogen-bond acceptors (Lipinski definition) is 4. The van der Waals surface area contributed by atoms with E-state index in [-0.39, 0.29) is 5.92 Å². The van der Waals surface area contributed by atoms with Crippen LogP contribution in [-0.2, 0) is 6.42 Å². The predicted octanol–water partition coefficient (Wildman–Crippen LogP) is 2.45. The minimum absolute atomic E-state index is 0.135. The second kappa shape index (κ2) is 5.31. The van der Waals surface area contributed by atoms with E-state index in [4.69, 9.17) is 4.52 Å². The smallest absolute Gasteiger partial charge is 0.232 e. The summed E-state index contributed by atoms with van der Waals surface area (Å²) >= 11 is 0. The number of aliphatic hydroxyl groups is 1. The highest BCUT2D eigenvalue weighted by Gasteiger charge is 2.18. The minimum Gasteiger partial charge on any atom is -0.393 e. The summed E-state index contributed by atoms with van der Waals surface area (Å²) in [6, 6.07) is 8.25. The molecule has 1 aromatic heterocycles. The lowest BCUT2D eigenvalue weighted by Crippen LogP contribution is -2.11. The van der Waals surface area contributed by atoms with Crippen molar-refractivity contribution in [1.29, 1.82) is 0 Å². The average Bonchev–Trinajstić information content (AvgIpc) is 2.79. The summed E-state index contributed by atoms with van der Waals surface area (Å²) in [4.78, 5) is 4.31. The Bertz CT molecular complexity index is 503. The molecule has 2 rings (SSSR count). The largest absolute Gasteiger partial charge is 0.393 e. The first-order chi connectivity index (χ1) is 8.56. The summed E-state index contributed by atoms with van der Waals surface area (Å²) in [6.07, 6.45) is 0.161. The molecule has 0 fully saturated rings. The van der Waals surface area contributed by atoms with Crippen LogP contribution in [0.2, 0.25) is 0 Å². The normalized spacial score (nSPS) is 14.4. The molecule has 0 saturated carbocycles. The van der Waals surface area contributed by atoms with E-state index in [0.29, 0.717) is 18.1 Å². The molecule has 0 bridgehead atoms. The molecule has 4 heteroatoms. The molecule has 0 aliphatic heterocycles. The Kier molecular flexibility index (Phi) is 3.77. The van der Waals surface area contributed by atoms with Crippen molar-refractivity contribution >= 4 is 0 Å². The third-order valence-electron chi connectivity index (χ3n) is 3.08. The van der Waals surface area contributed by atoms with E-state index in [0.717, 1.165) is 5.56 Å². The Balaban J connectivity index is 2.09. The Morgan fingerprint density at radius 3 is 2.50 bits per heavy atom. The molecule has 1 aromatic carbocycles. The number of rotatable bonds is 4. The maximum Gasteiger partial charge on any atom is 0.232 e. The van der Waals surface area contributed by atoms with Gasteiger partial charge in [0.15, 0.2) is 5.82 Å². The summed E-state index contributed by atoms with van der Waals surface area (Å²) in [7, 11) is 0. The molecule has 0 spiro atoms. The highest BCUT2D eigenvalue weighted by molar-refractivity contribution is 5.23. The van der Waals surface area contributed by atoms with Gasteiger partial charge in [0.1, 0.15) is 0 Å². The SMILES string of the molecule is Cc1ccc(Cc2noc(C(C)C(C)O)n2)cc1. The Hall–Kier alpha value is -1.68. The van der Waals surface area contributed by atoms with Crippen LogP contribution in [0, 0.1) is 6.92 Å². The van der Waals surface area contributed by atoms with Crippen molar-refractivity contribution in [3.8, 4) is 0 Å². The molecule has 1 heterocycles. The molecule has 0 aliphatic carbocycles. The van der Waals surface area contributed by atoms with Gasteiger partial charge in [0.25, 0.3) is 0 Å². The number of aliphatic hydroxyl groups excluding tert-OH is 1. The third-order valence-corrected chi connectivity index (χ3v) is 3.08. The van der Waals surface area contributed by atoms with E-state index < -0.39 is 6.10 Å². The quantitative estimate of drug-likeness (QED) is 0.900. The van der Waals surface area contributed by atoms with Crippen molar-refractivity contribution < 1.29 is 9.63 Å². The minimum atomic E-state index is -0.488. The standard InChI is InChI=1S/C14H18N2O2/c1-9-4-6-12(7-5-9)8-13-15-14(18-16-13)10(2)11(3)17/h4-7,10-11,17H,8H2,1-3H3. The number of benzene rings is 1. The van der Waals surface area contributed by atoms with Crippen LogP contribution in [0.25, 0.3) is 0 Å². The van der Waals surface area contributed by atoms with Crippen LogP contribution in [0.1, 0.15) is 42.6 Å². The maximum absolute atomic E-state index is 9.48. The fourth-order valence-electron chi connectivity index (χ4n) is 1.62. The zero-order chi connectivity index (χ0) is 13.1. The van der Waals surface area contributed by atoms with Gasteiger partial charge in [-0.15, -0.1) is 0 Å². The number of hydrogen-bond donors (Lipinski definition) is 1. The molecule has 18 heavy (non-hydrogen) atoms. The van der Waals surface area contributed by atoms with E-state index >= 15 is 0 Å². The Labute approximate surface area is 107 Å². The first kappa shape index (κ1) is 12.8. The van der Waals surface area contributed by atoms with E-state index in [1.807, 2.05) is 6.92 Å². The zero-order valence-corrected chi connectivity index (χ0v) is 10.9. The van der Waals surface area contributed by atoms with Gasteiger partial charge < -0.3 is 9.63 Å². The molecule has 2 atom stereocenters. The maximum atomic E-state index is 9.48. The first-order valence-electron chi connectivity index (χ1n) is 6.12. The lowest BCUT2D eigenvalue weighted by Gasteiger charge is -2.07. The monoisotopic (exact) mass is 246 g/mol. The molecule has 0 amide bonds. The highest BCUT2D eigenvalue weighted by Crippen LogP contribution is 2.17. The van der Waals surface area contributed by atoms with Crippen molar-refractivity contribution in [3.05, 3.63) is 47.1 Å². The summed E-state index contributed by atoms with van der Waals surface area (Å²) in [5, 5.41) is 13.4. The predicted molar refractivity (Wildman–Crippen MR) is 68.4 cm³/mol. The van der Waals surface area contributed by atoms with Gasteiger partial charge in [0.2, 0.25) is 5.89 Å². The van der Waals surface area contributed by atoms with Gasteiger partial charge in [-0.1, -0.05) is 41.9 Å². The van der Waals surface area contributed by atoms with Crippen LogP contribution in [0.15, 0.2) is 28.8 Å². The highest BCUT2D eigenvalue weighted by atomic mass is 16.5. The molecule has 1 N–H and O–H groups in total. The molecule has 0 radical (unpaired) electrons. The zero-order valence-electron chi connectivity index (χ0n) is 10.9. The van der Waals surface area contributed by atoms with Gasteiger partial charge in [-0.25, -0.2) is 0 Å². The number of aryl methyl sites for hydroxylation is 1. The number of aromatic nitrogens is 2. The molecule has 96 valence electrons. The van der Waals surface area contributed by atoms with E-state index in [1.54, 1.807) is 6.92 Å². The molecule has 2 unspecified atom stereocenters. The van der Waals surface area contributed by atoms with Gasteiger partial charge >= 0.3 is 0 Å². The summed E-state index contributed by atoms with van der Waals surface area (Å²) in [5.41, 5.74) is 2.38. The summed E-state index contributed by atoms with van der Waals surface area (Å²) in [5.74, 6) is 1.01. The van der Waals surface area contributed by atoms with Gasteiger partial charge in [0.05, 0.1) is 12.0 Å². The van der Waals surface area contributed by atoms with Crippen molar-refractivity contribution in [1.82, 2.24) is 10.1 Å². The van der Waals surface area contributed by atoms with E-state index in [1.165, 1.54) is 5.56 Å². The van der Waals surface area contributed by atoms with Gasteiger partial charge in [-0.2, -0.15) is 4.98 Å². The fourth-order valence-corrected chi connectivity index (χ4v) is 1.62. The number of nitrogens with zero attached hydrogens (tertiary/aromatic N) is 2. The van der Waals surface area contributed by atoms with Crippen molar-refractivity contribution in [2.75, 3.05) is 0 Å². The fraction of sp³-hybridized carbons (Fsp3) is 0.429. The van der Waals surface area contributed by atoms with E-state index in [9.17, 15) is 5.11 Å². The van der Waals surface area contributed by atoms with Crippen molar-refractivity contribution in [2.24, 2.45) is 0 Å². The molecular weight excluding hydrogens is 228 g/mol. The van der Waals surface area contributed by atoms with Crippen molar-refractivity contribution in [3.63, 3.8) is 0 Å².